The van der Waals surface area contributed by atoms with E-state index in [0.717, 1.165) is 35.5 Å². The first kappa shape index (κ1) is 18.1. The van der Waals surface area contributed by atoms with Crippen molar-refractivity contribution < 1.29 is 4.79 Å². The lowest BCUT2D eigenvalue weighted by Crippen LogP contribution is -2.24. The normalized spacial score (nSPS) is 13.0. The Kier molecular flexibility index (Phi) is 4.98. The number of carbonyl (C=O) groups excluding carboxylic acids is 1. The number of fused-ring (bicyclic) bond motifs is 2. The van der Waals surface area contributed by atoms with Gasteiger partial charge in [0.2, 0.25) is 0 Å². The SMILES string of the molecule is CN(C)c1ccc(/C=C/C(=O)N2c3ccccc3CCc3ccccc32)cc1. The molecule has 28 heavy (non-hydrogen) atoms. The minimum Gasteiger partial charge on any atom is -0.378 e. The van der Waals surface area contributed by atoms with Gasteiger partial charge in [0.15, 0.2) is 0 Å². The lowest BCUT2D eigenvalue weighted by molar-refractivity contribution is -0.113. The topological polar surface area (TPSA) is 23.6 Å². The Labute approximate surface area is 166 Å². The van der Waals surface area contributed by atoms with Gasteiger partial charge >= 0.3 is 0 Å². The summed E-state index contributed by atoms with van der Waals surface area (Å²) in [4.78, 5) is 17.2. The summed E-state index contributed by atoms with van der Waals surface area (Å²) < 4.78 is 0. The van der Waals surface area contributed by atoms with E-state index in [9.17, 15) is 4.79 Å². The molecule has 4 rings (SSSR count). The van der Waals surface area contributed by atoms with Gasteiger partial charge in [0.25, 0.3) is 5.91 Å². The maximum Gasteiger partial charge on any atom is 0.255 e. The summed E-state index contributed by atoms with van der Waals surface area (Å²) >= 11 is 0. The number of anilines is 3. The zero-order valence-electron chi connectivity index (χ0n) is 16.3. The van der Waals surface area contributed by atoms with Crippen LogP contribution in [0, 0.1) is 0 Å². The van der Waals surface area contributed by atoms with Crippen molar-refractivity contribution in [2.24, 2.45) is 0 Å². The Morgan fingerprint density at radius 2 is 1.36 bits per heavy atom. The molecule has 0 N–H and O–H groups in total. The zero-order valence-corrected chi connectivity index (χ0v) is 16.3. The van der Waals surface area contributed by atoms with Crippen LogP contribution in [0.5, 0.6) is 0 Å². The maximum absolute atomic E-state index is 13.3. The van der Waals surface area contributed by atoms with Gasteiger partial charge in [0.1, 0.15) is 0 Å². The first-order valence-electron chi connectivity index (χ1n) is 9.59. The molecule has 1 amide bonds. The summed E-state index contributed by atoms with van der Waals surface area (Å²) in [6.45, 7) is 0. The molecule has 140 valence electrons. The number of carbonyl (C=O) groups is 1. The van der Waals surface area contributed by atoms with Crippen molar-refractivity contribution >= 4 is 29.0 Å². The van der Waals surface area contributed by atoms with Crippen molar-refractivity contribution in [3.63, 3.8) is 0 Å². The Hall–Kier alpha value is -3.33. The van der Waals surface area contributed by atoms with Crippen LogP contribution in [-0.4, -0.2) is 20.0 Å². The minimum atomic E-state index is -0.0292. The van der Waals surface area contributed by atoms with Gasteiger partial charge in [-0.15, -0.1) is 0 Å². The van der Waals surface area contributed by atoms with Crippen molar-refractivity contribution in [2.45, 2.75) is 12.8 Å². The molecule has 1 aliphatic rings. The molecular weight excluding hydrogens is 344 g/mol. The third-order valence-electron chi connectivity index (χ3n) is 5.18. The second-order valence-electron chi connectivity index (χ2n) is 7.25. The molecule has 0 saturated carbocycles. The molecule has 0 atom stereocenters. The number of aryl methyl sites for hydroxylation is 2. The second kappa shape index (κ2) is 7.73. The number of hydrogen-bond donors (Lipinski definition) is 0. The number of nitrogens with zero attached hydrogens (tertiary/aromatic N) is 2. The van der Waals surface area contributed by atoms with Gasteiger partial charge in [0, 0.05) is 25.9 Å². The number of hydrogen-bond acceptors (Lipinski definition) is 2. The minimum absolute atomic E-state index is 0.0292. The van der Waals surface area contributed by atoms with E-state index in [4.69, 9.17) is 0 Å². The molecule has 3 nitrogen and oxygen atoms in total. The number of benzene rings is 3. The molecule has 0 spiro atoms. The van der Waals surface area contributed by atoms with Crippen LogP contribution in [0.2, 0.25) is 0 Å². The largest absolute Gasteiger partial charge is 0.378 e. The van der Waals surface area contributed by atoms with Gasteiger partial charge < -0.3 is 4.90 Å². The summed E-state index contributed by atoms with van der Waals surface area (Å²) in [6, 6.07) is 24.6. The van der Waals surface area contributed by atoms with Crippen LogP contribution in [0.4, 0.5) is 17.1 Å². The predicted molar refractivity (Wildman–Crippen MR) is 117 cm³/mol. The quantitative estimate of drug-likeness (QED) is 0.591. The third kappa shape index (κ3) is 3.56. The van der Waals surface area contributed by atoms with Crippen LogP contribution < -0.4 is 9.80 Å². The first-order chi connectivity index (χ1) is 13.6. The highest BCUT2D eigenvalue weighted by molar-refractivity contribution is 6.10. The van der Waals surface area contributed by atoms with Gasteiger partial charge in [-0.05, 0) is 59.9 Å². The van der Waals surface area contributed by atoms with Crippen molar-refractivity contribution in [2.75, 3.05) is 23.9 Å². The molecule has 0 unspecified atom stereocenters. The van der Waals surface area contributed by atoms with E-state index in [1.165, 1.54) is 11.1 Å². The zero-order chi connectivity index (χ0) is 19.5. The first-order valence-corrected chi connectivity index (χ1v) is 9.59. The molecule has 0 aliphatic carbocycles. The molecular formula is C25H24N2O. The van der Waals surface area contributed by atoms with Crippen LogP contribution in [-0.2, 0) is 17.6 Å². The summed E-state index contributed by atoms with van der Waals surface area (Å²) in [5.74, 6) is -0.0292. The Bertz CT molecular complexity index is 971. The van der Waals surface area contributed by atoms with Crippen molar-refractivity contribution in [1.82, 2.24) is 0 Å². The molecule has 1 heterocycles. The summed E-state index contributed by atoms with van der Waals surface area (Å²) in [5, 5.41) is 0. The fourth-order valence-corrected chi connectivity index (χ4v) is 3.64. The van der Waals surface area contributed by atoms with E-state index in [-0.39, 0.29) is 5.91 Å². The number of para-hydroxylation sites is 2. The summed E-state index contributed by atoms with van der Waals surface area (Å²) in [7, 11) is 4.03. The van der Waals surface area contributed by atoms with Gasteiger partial charge in [-0.25, -0.2) is 0 Å². The molecule has 3 aromatic rings. The Morgan fingerprint density at radius 1 is 0.821 bits per heavy atom. The average molecular weight is 368 g/mol. The summed E-state index contributed by atoms with van der Waals surface area (Å²) in [6.07, 6.45) is 5.43. The van der Waals surface area contributed by atoms with Crippen LogP contribution in [0.15, 0.2) is 78.9 Å². The van der Waals surface area contributed by atoms with E-state index in [1.54, 1.807) is 6.08 Å². The summed E-state index contributed by atoms with van der Waals surface area (Å²) in [5.41, 5.74) is 6.51. The van der Waals surface area contributed by atoms with Crippen molar-refractivity contribution in [3.05, 3.63) is 95.6 Å². The second-order valence-corrected chi connectivity index (χ2v) is 7.25. The van der Waals surface area contributed by atoms with Crippen LogP contribution >= 0.6 is 0 Å². The molecule has 0 saturated heterocycles. The van der Waals surface area contributed by atoms with E-state index >= 15 is 0 Å². The molecule has 1 aliphatic heterocycles. The Balaban J connectivity index is 1.68. The molecule has 0 radical (unpaired) electrons. The van der Waals surface area contributed by atoms with Gasteiger partial charge in [-0.3, -0.25) is 9.69 Å². The van der Waals surface area contributed by atoms with E-state index in [1.807, 2.05) is 73.6 Å². The average Bonchev–Trinajstić information content (AvgIpc) is 2.89. The molecule has 3 heteroatoms. The van der Waals surface area contributed by atoms with Gasteiger partial charge in [0.05, 0.1) is 11.4 Å². The monoisotopic (exact) mass is 368 g/mol. The highest BCUT2D eigenvalue weighted by atomic mass is 16.2. The van der Waals surface area contributed by atoms with Crippen molar-refractivity contribution in [1.29, 1.82) is 0 Å². The number of rotatable bonds is 3. The lowest BCUT2D eigenvalue weighted by Gasteiger charge is -2.23. The maximum atomic E-state index is 13.3. The molecule has 0 fully saturated rings. The van der Waals surface area contributed by atoms with Crippen molar-refractivity contribution in [3.8, 4) is 0 Å². The predicted octanol–water partition coefficient (Wildman–Crippen LogP) is 5.23. The Morgan fingerprint density at radius 3 is 1.89 bits per heavy atom. The van der Waals surface area contributed by atoms with Gasteiger partial charge in [-0.2, -0.15) is 0 Å². The smallest absolute Gasteiger partial charge is 0.255 e. The van der Waals surface area contributed by atoms with Gasteiger partial charge in [-0.1, -0.05) is 48.5 Å². The third-order valence-corrected chi connectivity index (χ3v) is 5.18. The fraction of sp³-hybridized carbons (Fsp3) is 0.160. The standard InChI is InChI=1S/C25H24N2O/c1-26(2)22-16-11-19(12-17-22)13-18-25(28)27-23-9-5-3-7-20(23)14-15-21-8-4-6-10-24(21)27/h3-13,16-18H,14-15H2,1-2H3/b18-13+. The van der Waals surface area contributed by atoms with Crippen LogP contribution in [0.1, 0.15) is 16.7 Å². The highest BCUT2D eigenvalue weighted by Crippen LogP contribution is 2.36. The highest BCUT2D eigenvalue weighted by Gasteiger charge is 2.23. The molecule has 0 bridgehead atoms. The lowest BCUT2D eigenvalue weighted by atomic mass is 10.0. The molecule has 3 aromatic carbocycles. The molecule has 0 aromatic heterocycles. The fourth-order valence-electron chi connectivity index (χ4n) is 3.64. The number of amides is 1. The van der Waals surface area contributed by atoms with Crippen LogP contribution in [0.25, 0.3) is 6.08 Å². The van der Waals surface area contributed by atoms with E-state index in [2.05, 4.69) is 29.2 Å². The van der Waals surface area contributed by atoms with E-state index < -0.39 is 0 Å². The van der Waals surface area contributed by atoms with E-state index in [0.29, 0.717) is 0 Å². The van der Waals surface area contributed by atoms with Crippen LogP contribution in [0.3, 0.4) is 0 Å².